The monoisotopic (exact) mass is 342 g/mol. The van der Waals surface area contributed by atoms with Crippen molar-refractivity contribution >= 4 is 10.1 Å². The normalized spacial score (nSPS) is 15.4. The molecule has 1 aromatic rings. The molecular weight excluding hydrogens is 312 g/mol. The zero-order chi connectivity index (χ0) is 17.7. The summed E-state index contributed by atoms with van der Waals surface area (Å²) in [5.74, 6) is -0.0578. The Bertz CT molecular complexity index is 570. The van der Waals surface area contributed by atoms with Crippen LogP contribution in [0.4, 0.5) is 0 Å². The Hall–Kier alpha value is -0.910. The van der Waals surface area contributed by atoms with Gasteiger partial charge in [0, 0.05) is 0 Å². The van der Waals surface area contributed by atoms with Crippen LogP contribution in [0, 0.1) is 12.8 Å². The van der Waals surface area contributed by atoms with E-state index in [1.165, 1.54) is 0 Å². The largest absolute Gasteiger partial charge is 0.390 e. The van der Waals surface area contributed by atoms with Crippen molar-refractivity contribution in [3.63, 3.8) is 0 Å². The van der Waals surface area contributed by atoms with E-state index in [-0.39, 0.29) is 10.8 Å². The molecule has 132 valence electrons. The Morgan fingerprint density at radius 2 is 1.78 bits per heavy atom. The molecule has 23 heavy (non-hydrogen) atoms. The van der Waals surface area contributed by atoms with E-state index in [1.54, 1.807) is 38.1 Å². The molecule has 0 fully saturated rings. The number of aliphatic hydroxyl groups is 1. The van der Waals surface area contributed by atoms with Crippen molar-refractivity contribution in [1.29, 1.82) is 0 Å². The molecule has 0 saturated heterocycles. The van der Waals surface area contributed by atoms with Gasteiger partial charge >= 0.3 is 0 Å². The van der Waals surface area contributed by atoms with Gasteiger partial charge in [-0.3, -0.25) is 4.18 Å². The summed E-state index contributed by atoms with van der Waals surface area (Å²) in [5, 5.41) is 10.1. The van der Waals surface area contributed by atoms with E-state index in [4.69, 9.17) is 4.18 Å². The molecule has 0 aliphatic rings. The van der Waals surface area contributed by atoms with Crippen LogP contribution in [0.5, 0.6) is 0 Å². The highest BCUT2D eigenvalue weighted by Gasteiger charge is 2.29. The molecule has 0 bridgehead atoms. The van der Waals surface area contributed by atoms with Crippen LogP contribution in [0.15, 0.2) is 29.2 Å². The minimum Gasteiger partial charge on any atom is -0.390 e. The summed E-state index contributed by atoms with van der Waals surface area (Å²) >= 11 is 0. The number of benzene rings is 1. The summed E-state index contributed by atoms with van der Waals surface area (Å²) in [7, 11) is -3.78. The first-order valence-corrected chi connectivity index (χ1v) is 9.69. The van der Waals surface area contributed by atoms with E-state index in [9.17, 15) is 13.5 Å². The summed E-state index contributed by atoms with van der Waals surface area (Å²) in [6.07, 6.45) is 2.63. The second-order valence-electron chi connectivity index (χ2n) is 6.92. The maximum Gasteiger partial charge on any atom is 0.297 e. The van der Waals surface area contributed by atoms with Crippen LogP contribution in [-0.2, 0) is 14.3 Å². The zero-order valence-electron chi connectivity index (χ0n) is 14.9. The predicted octanol–water partition coefficient (Wildman–Crippen LogP) is 4.06. The van der Waals surface area contributed by atoms with Crippen LogP contribution in [0.2, 0.25) is 0 Å². The average Bonchev–Trinajstić information content (AvgIpc) is 2.43. The third kappa shape index (κ3) is 6.61. The molecule has 0 radical (unpaired) electrons. The molecule has 5 heteroatoms. The summed E-state index contributed by atoms with van der Waals surface area (Å²) in [6.45, 7) is 9.37. The SMILES string of the molecule is CCCC[C@H](C[C@H](C)C(C)(C)O)OS(=O)(=O)c1ccc(C)cc1. The standard InChI is InChI=1S/C18H30O4S/c1-6-7-8-16(13-15(3)18(4,5)19)22-23(20,21)17-11-9-14(2)10-12-17/h9-12,15-16,19H,6-8,13H2,1-5H3/t15-,16+/m0/s1. The van der Waals surface area contributed by atoms with Gasteiger partial charge in [-0.05, 0) is 51.7 Å². The third-order valence-electron chi connectivity index (χ3n) is 4.27. The van der Waals surface area contributed by atoms with Crippen LogP contribution in [0.3, 0.4) is 0 Å². The Morgan fingerprint density at radius 1 is 1.22 bits per heavy atom. The fourth-order valence-corrected chi connectivity index (χ4v) is 3.37. The molecule has 0 aliphatic carbocycles. The van der Waals surface area contributed by atoms with Crippen molar-refractivity contribution in [2.75, 3.05) is 0 Å². The molecule has 1 aromatic carbocycles. The van der Waals surface area contributed by atoms with Crippen LogP contribution >= 0.6 is 0 Å². The second kappa shape index (κ2) is 8.27. The molecule has 1 N–H and O–H groups in total. The van der Waals surface area contributed by atoms with E-state index >= 15 is 0 Å². The molecule has 0 aromatic heterocycles. The van der Waals surface area contributed by atoms with Crippen molar-refractivity contribution in [2.24, 2.45) is 5.92 Å². The maximum atomic E-state index is 12.5. The Morgan fingerprint density at radius 3 is 2.26 bits per heavy atom. The van der Waals surface area contributed by atoms with E-state index in [2.05, 4.69) is 6.92 Å². The van der Waals surface area contributed by atoms with Gasteiger partial charge < -0.3 is 5.11 Å². The lowest BCUT2D eigenvalue weighted by atomic mass is 9.87. The van der Waals surface area contributed by atoms with Crippen LogP contribution in [0.25, 0.3) is 0 Å². The van der Waals surface area contributed by atoms with Crippen LogP contribution < -0.4 is 0 Å². The number of hydrogen-bond acceptors (Lipinski definition) is 4. The quantitative estimate of drug-likeness (QED) is 0.688. The highest BCUT2D eigenvalue weighted by molar-refractivity contribution is 7.86. The summed E-state index contributed by atoms with van der Waals surface area (Å²) in [6, 6.07) is 6.66. The van der Waals surface area contributed by atoms with E-state index in [0.717, 1.165) is 18.4 Å². The lowest BCUT2D eigenvalue weighted by molar-refractivity contribution is 0.00398. The van der Waals surface area contributed by atoms with Gasteiger partial charge in [0.15, 0.2) is 0 Å². The highest BCUT2D eigenvalue weighted by atomic mass is 32.2. The minimum atomic E-state index is -3.78. The molecule has 0 saturated carbocycles. The summed E-state index contributed by atoms with van der Waals surface area (Å²) in [4.78, 5) is 0.181. The molecule has 4 nitrogen and oxygen atoms in total. The molecule has 0 aliphatic heterocycles. The van der Waals surface area contributed by atoms with Crippen LogP contribution in [0.1, 0.15) is 58.9 Å². The molecule has 1 rings (SSSR count). The first kappa shape index (κ1) is 20.1. The second-order valence-corrected chi connectivity index (χ2v) is 8.49. The lowest BCUT2D eigenvalue weighted by Crippen LogP contribution is -2.33. The van der Waals surface area contributed by atoms with Crippen molar-refractivity contribution < 1.29 is 17.7 Å². The van der Waals surface area contributed by atoms with Crippen molar-refractivity contribution in [1.82, 2.24) is 0 Å². The predicted molar refractivity (Wildman–Crippen MR) is 92.8 cm³/mol. The third-order valence-corrected chi connectivity index (χ3v) is 5.65. The van der Waals surface area contributed by atoms with Crippen molar-refractivity contribution in [2.45, 2.75) is 76.9 Å². The Balaban J connectivity index is 2.88. The minimum absolute atomic E-state index is 0.0578. The smallest absolute Gasteiger partial charge is 0.297 e. The first-order chi connectivity index (χ1) is 10.6. The van der Waals surface area contributed by atoms with Crippen molar-refractivity contribution in [3.8, 4) is 0 Å². The van der Waals surface area contributed by atoms with Gasteiger partial charge in [-0.25, -0.2) is 0 Å². The fraction of sp³-hybridized carbons (Fsp3) is 0.667. The van der Waals surface area contributed by atoms with Crippen molar-refractivity contribution in [3.05, 3.63) is 29.8 Å². The summed E-state index contributed by atoms with van der Waals surface area (Å²) in [5.41, 5.74) is 0.142. The number of rotatable bonds is 9. The topological polar surface area (TPSA) is 63.6 Å². The lowest BCUT2D eigenvalue weighted by Gasteiger charge is -2.29. The van der Waals surface area contributed by atoms with Gasteiger partial charge in [-0.1, -0.05) is 44.4 Å². The average molecular weight is 343 g/mol. The van der Waals surface area contributed by atoms with Gasteiger partial charge in [-0.2, -0.15) is 8.42 Å². The number of aryl methyl sites for hydroxylation is 1. The molecule has 0 spiro atoms. The molecular formula is C18H30O4S. The highest BCUT2D eigenvalue weighted by Crippen LogP contribution is 2.27. The van der Waals surface area contributed by atoms with E-state index < -0.39 is 21.8 Å². The van der Waals surface area contributed by atoms with Gasteiger partial charge in [0.05, 0.1) is 16.6 Å². The number of hydrogen-bond donors (Lipinski definition) is 1. The molecule has 2 atom stereocenters. The molecule has 0 amide bonds. The Kier molecular flexibility index (Phi) is 7.24. The maximum absolute atomic E-state index is 12.5. The zero-order valence-corrected chi connectivity index (χ0v) is 15.7. The van der Waals surface area contributed by atoms with E-state index in [1.807, 2.05) is 13.8 Å². The number of unbranched alkanes of at least 4 members (excludes halogenated alkanes) is 1. The molecule has 0 unspecified atom stereocenters. The van der Waals surface area contributed by atoms with Gasteiger partial charge in [0.1, 0.15) is 0 Å². The van der Waals surface area contributed by atoms with Gasteiger partial charge in [-0.15, -0.1) is 0 Å². The Labute approximate surface area is 141 Å². The summed E-state index contributed by atoms with van der Waals surface area (Å²) < 4.78 is 30.4. The fourth-order valence-electron chi connectivity index (χ4n) is 2.26. The van der Waals surface area contributed by atoms with E-state index in [0.29, 0.717) is 12.8 Å². The van der Waals surface area contributed by atoms with Gasteiger partial charge in [0.25, 0.3) is 10.1 Å². The molecule has 0 heterocycles. The van der Waals surface area contributed by atoms with Gasteiger partial charge in [0.2, 0.25) is 0 Å². The first-order valence-electron chi connectivity index (χ1n) is 8.28. The van der Waals surface area contributed by atoms with Crippen LogP contribution in [-0.4, -0.2) is 25.2 Å².